The Morgan fingerprint density at radius 2 is 2.00 bits per heavy atom. The SMILES string of the molecule is O=C(Cn1cnc2ccsc2c1=O)N1CCN(c2cccc(Cl)c2)CC1. The molecule has 2 aromatic heterocycles. The minimum atomic E-state index is -0.157. The number of benzene rings is 1. The zero-order valence-corrected chi connectivity index (χ0v) is 15.5. The van der Waals surface area contributed by atoms with E-state index in [0.717, 1.165) is 18.8 Å². The molecule has 1 aliphatic rings. The largest absolute Gasteiger partial charge is 0.368 e. The molecule has 0 spiro atoms. The van der Waals surface area contributed by atoms with Crippen molar-refractivity contribution in [3.63, 3.8) is 0 Å². The molecule has 26 heavy (non-hydrogen) atoms. The van der Waals surface area contributed by atoms with Gasteiger partial charge in [-0.1, -0.05) is 17.7 Å². The van der Waals surface area contributed by atoms with Gasteiger partial charge in [0.1, 0.15) is 11.2 Å². The molecule has 1 aromatic carbocycles. The van der Waals surface area contributed by atoms with Crippen LogP contribution in [0.5, 0.6) is 0 Å². The average molecular weight is 389 g/mol. The van der Waals surface area contributed by atoms with Crippen molar-refractivity contribution in [2.45, 2.75) is 6.54 Å². The molecular formula is C18H17ClN4O2S. The van der Waals surface area contributed by atoms with E-state index in [2.05, 4.69) is 9.88 Å². The lowest BCUT2D eigenvalue weighted by atomic mass is 10.2. The summed E-state index contributed by atoms with van der Waals surface area (Å²) >= 11 is 7.40. The second-order valence-corrected chi connectivity index (χ2v) is 7.51. The van der Waals surface area contributed by atoms with Crippen LogP contribution in [0.25, 0.3) is 10.2 Å². The summed E-state index contributed by atoms with van der Waals surface area (Å²) in [4.78, 5) is 33.3. The van der Waals surface area contributed by atoms with Gasteiger partial charge in [-0.25, -0.2) is 4.98 Å². The fourth-order valence-electron chi connectivity index (χ4n) is 3.12. The summed E-state index contributed by atoms with van der Waals surface area (Å²) in [5.41, 5.74) is 1.59. The van der Waals surface area contributed by atoms with E-state index in [9.17, 15) is 9.59 Å². The standard InChI is InChI=1S/C18H17ClN4O2S/c19-13-2-1-3-14(10-13)21-5-7-22(8-6-21)16(24)11-23-12-20-15-4-9-26-17(15)18(23)25/h1-4,9-10,12H,5-8,11H2. The lowest BCUT2D eigenvalue weighted by Gasteiger charge is -2.36. The van der Waals surface area contributed by atoms with Crippen molar-refractivity contribution in [1.29, 1.82) is 0 Å². The number of carbonyl (C=O) groups is 1. The van der Waals surface area contributed by atoms with E-state index < -0.39 is 0 Å². The highest BCUT2D eigenvalue weighted by Gasteiger charge is 2.22. The van der Waals surface area contributed by atoms with Crippen LogP contribution in [0.15, 0.2) is 46.8 Å². The first-order chi connectivity index (χ1) is 12.6. The quantitative estimate of drug-likeness (QED) is 0.691. The minimum Gasteiger partial charge on any atom is -0.368 e. The van der Waals surface area contributed by atoms with Crippen molar-refractivity contribution in [3.05, 3.63) is 57.4 Å². The zero-order valence-electron chi connectivity index (χ0n) is 14.0. The summed E-state index contributed by atoms with van der Waals surface area (Å²) < 4.78 is 1.98. The molecule has 6 nitrogen and oxygen atoms in total. The van der Waals surface area contributed by atoms with E-state index >= 15 is 0 Å². The number of fused-ring (bicyclic) bond motifs is 1. The van der Waals surface area contributed by atoms with Gasteiger partial charge in [0.25, 0.3) is 5.56 Å². The third kappa shape index (κ3) is 3.32. The van der Waals surface area contributed by atoms with Gasteiger partial charge in [0, 0.05) is 36.9 Å². The Kier molecular flexibility index (Phi) is 4.65. The number of anilines is 1. The van der Waals surface area contributed by atoms with Gasteiger partial charge >= 0.3 is 0 Å². The van der Waals surface area contributed by atoms with Crippen LogP contribution in [0.3, 0.4) is 0 Å². The highest BCUT2D eigenvalue weighted by atomic mass is 35.5. The van der Waals surface area contributed by atoms with Crippen molar-refractivity contribution >= 4 is 44.7 Å². The minimum absolute atomic E-state index is 0.0246. The van der Waals surface area contributed by atoms with E-state index in [0.29, 0.717) is 28.3 Å². The molecule has 134 valence electrons. The number of amides is 1. The van der Waals surface area contributed by atoms with Gasteiger partial charge in [-0.3, -0.25) is 14.2 Å². The molecule has 4 rings (SSSR count). The third-order valence-corrected chi connectivity index (χ3v) is 5.67. The number of hydrogen-bond acceptors (Lipinski definition) is 5. The molecule has 8 heteroatoms. The predicted molar refractivity (Wildman–Crippen MR) is 104 cm³/mol. The number of rotatable bonds is 3. The number of halogens is 1. The van der Waals surface area contributed by atoms with Gasteiger partial charge < -0.3 is 9.80 Å². The van der Waals surface area contributed by atoms with E-state index in [-0.39, 0.29) is 18.0 Å². The van der Waals surface area contributed by atoms with Crippen molar-refractivity contribution in [1.82, 2.24) is 14.5 Å². The van der Waals surface area contributed by atoms with Crippen LogP contribution in [0.4, 0.5) is 5.69 Å². The highest BCUT2D eigenvalue weighted by molar-refractivity contribution is 7.17. The molecule has 3 heterocycles. The second-order valence-electron chi connectivity index (χ2n) is 6.16. The lowest BCUT2D eigenvalue weighted by Crippen LogP contribution is -2.50. The molecule has 1 aliphatic heterocycles. The van der Waals surface area contributed by atoms with Crippen LogP contribution in [-0.2, 0) is 11.3 Å². The molecule has 0 aliphatic carbocycles. The summed E-state index contributed by atoms with van der Waals surface area (Å²) in [6.07, 6.45) is 1.46. The van der Waals surface area contributed by atoms with Gasteiger partial charge in [-0.15, -0.1) is 11.3 Å². The van der Waals surface area contributed by atoms with Crippen molar-refractivity contribution in [2.75, 3.05) is 31.1 Å². The van der Waals surface area contributed by atoms with Gasteiger partial charge in [0.15, 0.2) is 0 Å². The van der Waals surface area contributed by atoms with Gasteiger partial charge in [0.2, 0.25) is 5.91 Å². The molecule has 0 saturated carbocycles. The van der Waals surface area contributed by atoms with Crippen molar-refractivity contribution in [3.8, 4) is 0 Å². The monoisotopic (exact) mass is 388 g/mol. The summed E-state index contributed by atoms with van der Waals surface area (Å²) in [6.45, 7) is 2.74. The Labute approximate surface area is 159 Å². The molecular weight excluding hydrogens is 372 g/mol. The fourth-order valence-corrected chi connectivity index (χ4v) is 4.10. The van der Waals surface area contributed by atoms with Crippen LogP contribution < -0.4 is 10.5 Å². The summed E-state index contributed by atoms with van der Waals surface area (Å²) in [5.74, 6) is -0.0597. The van der Waals surface area contributed by atoms with Gasteiger partial charge in [-0.2, -0.15) is 0 Å². The average Bonchev–Trinajstić information content (AvgIpc) is 3.14. The van der Waals surface area contributed by atoms with Crippen LogP contribution in [-0.4, -0.2) is 46.5 Å². The maximum absolute atomic E-state index is 12.6. The van der Waals surface area contributed by atoms with Crippen molar-refractivity contribution in [2.24, 2.45) is 0 Å². The molecule has 1 saturated heterocycles. The molecule has 0 atom stereocenters. The Bertz CT molecular complexity index is 1010. The number of hydrogen-bond donors (Lipinski definition) is 0. The summed E-state index contributed by atoms with van der Waals surface area (Å²) in [6, 6.07) is 9.53. The van der Waals surface area contributed by atoms with E-state index in [1.807, 2.05) is 35.7 Å². The normalized spacial score (nSPS) is 14.8. The maximum atomic E-state index is 12.6. The number of thiophene rings is 1. The number of nitrogens with zero attached hydrogens (tertiary/aromatic N) is 4. The molecule has 1 amide bonds. The smallest absolute Gasteiger partial charge is 0.271 e. The topological polar surface area (TPSA) is 58.4 Å². The molecule has 0 radical (unpaired) electrons. The molecule has 0 bridgehead atoms. The van der Waals surface area contributed by atoms with E-state index in [4.69, 9.17) is 11.6 Å². The number of piperazine rings is 1. The van der Waals surface area contributed by atoms with Crippen LogP contribution in [0.2, 0.25) is 5.02 Å². The first kappa shape index (κ1) is 17.1. The van der Waals surface area contributed by atoms with Crippen molar-refractivity contribution < 1.29 is 4.79 Å². The van der Waals surface area contributed by atoms with Gasteiger partial charge in [-0.05, 0) is 29.6 Å². The Hall–Kier alpha value is -2.38. The fraction of sp³-hybridized carbons (Fsp3) is 0.278. The summed E-state index contributed by atoms with van der Waals surface area (Å²) in [7, 11) is 0. The Balaban J connectivity index is 1.42. The first-order valence-electron chi connectivity index (χ1n) is 8.33. The van der Waals surface area contributed by atoms with Crippen LogP contribution in [0.1, 0.15) is 0 Å². The Morgan fingerprint density at radius 1 is 1.19 bits per heavy atom. The third-order valence-electron chi connectivity index (χ3n) is 4.55. The maximum Gasteiger partial charge on any atom is 0.271 e. The Morgan fingerprint density at radius 3 is 2.77 bits per heavy atom. The molecule has 0 N–H and O–H groups in total. The van der Waals surface area contributed by atoms with Crippen LogP contribution in [0, 0.1) is 0 Å². The number of aromatic nitrogens is 2. The number of carbonyl (C=O) groups excluding carboxylic acids is 1. The molecule has 1 fully saturated rings. The highest BCUT2D eigenvalue weighted by Crippen LogP contribution is 2.21. The predicted octanol–water partition coefficient (Wildman–Crippen LogP) is 2.46. The second kappa shape index (κ2) is 7.09. The van der Waals surface area contributed by atoms with E-state index in [1.54, 1.807) is 4.90 Å². The van der Waals surface area contributed by atoms with Crippen LogP contribution >= 0.6 is 22.9 Å². The summed E-state index contributed by atoms with van der Waals surface area (Å²) in [5, 5.41) is 2.54. The molecule has 0 unspecified atom stereocenters. The first-order valence-corrected chi connectivity index (χ1v) is 9.58. The van der Waals surface area contributed by atoms with Gasteiger partial charge in [0.05, 0.1) is 11.8 Å². The lowest BCUT2D eigenvalue weighted by molar-refractivity contribution is -0.132. The zero-order chi connectivity index (χ0) is 18.1. The van der Waals surface area contributed by atoms with E-state index in [1.165, 1.54) is 22.2 Å². The molecule has 3 aromatic rings.